The van der Waals surface area contributed by atoms with Crippen LogP contribution in [0.25, 0.3) is 0 Å². The third-order valence-electron chi connectivity index (χ3n) is 3.62. The molecule has 0 amide bonds. The van der Waals surface area contributed by atoms with Crippen molar-refractivity contribution in [3.63, 3.8) is 0 Å². The maximum Gasteiger partial charge on any atom is 0.251 e. The smallest absolute Gasteiger partial charge is 0.251 e. The van der Waals surface area contributed by atoms with Gasteiger partial charge in [0, 0.05) is 17.7 Å². The summed E-state index contributed by atoms with van der Waals surface area (Å²) in [4.78, 5) is 19.3. The molecular formula is C16H18N2O. The van der Waals surface area contributed by atoms with Gasteiger partial charge in [-0.2, -0.15) is 0 Å². The largest absolute Gasteiger partial charge is 0.310 e. The molecule has 1 aliphatic carbocycles. The quantitative estimate of drug-likeness (QED) is 0.915. The minimum atomic E-state index is -0.0370. The van der Waals surface area contributed by atoms with Crippen molar-refractivity contribution in [1.29, 1.82) is 0 Å². The molecule has 0 fully saturated rings. The number of fused-ring (bicyclic) bond motifs is 1. The SMILES string of the molecule is CC(C)Cc1cc(=O)[nH]c(C2Cc3ccccc32)n1. The monoisotopic (exact) mass is 254 g/mol. The van der Waals surface area contributed by atoms with Gasteiger partial charge in [-0.15, -0.1) is 0 Å². The van der Waals surface area contributed by atoms with E-state index in [0.29, 0.717) is 5.92 Å². The first kappa shape index (κ1) is 12.2. The number of nitrogens with one attached hydrogen (secondary N) is 1. The van der Waals surface area contributed by atoms with E-state index in [1.807, 2.05) is 6.07 Å². The summed E-state index contributed by atoms with van der Waals surface area (Å²) in [5.74, 6) is 1.59. The molecule has 0 saturated carbocycles. The van der Waals surface area contributed by atoms with Gasteiger partial charge in [-0.3, -0.25) is 4.79 Å². The fourth-order valence-corrected chi connectivity index (χ4v) is 2.72. The number of nitrogens with zero attached hydrogens (tertiary/aromatic N) is 1. The van der Waals surface area contributed by atoms with Gasteiger partial charge in [0.05, 0.1) is 0 Å². The molecule has 3 rings (SSSR count). The first-order valence-electron chi connectivity index (χ1n) is 6.81. The summed E-state index contributed by atoms with van der Waals surface area (Å²) in [6, 6.07) is 9.98. The topological polar surface area (TPSA) is 45.8 Å². The summed E-state index contributed by atoms with van der Waals surface area (Å²) in [5.41, 5.74) is 3.53. The summed E-state index contributed by atoms with van der Waals surface area (Å²) in [7, 11) is 0. The van der Waals surface area contributed by atoms with Gasteiger partial charge in [0.15, 0.2) is 0 Å². The predicted molar refractivity (Wildman–Crippen MR) is 75.4 cm³/mol. The van der Waals surface area contributed by atoms with Crippen LogP contribution in [0.1, 0.15) is 42.4 Å². The van der Waals surface area contributed by atoms with Crippen LogP contribution in [0.2, 0.25) is 0 Å². The minimum Gasteiger partial charge on any atom is -0.310 e. The zero-order chi connectivity index (χ0) is 13.4. The van der Waals surface area contributed by atoms with Gasteiger partial charge in [-0.05, 0) is 29.9 Å². The summed E-state index contributed by atoms with van der Waals surface area (Å²) in [6.07, 6.45) is 1.83. The molecule has 3 heteroatoms. The second-order valence-corrected chi connectivity index (χ2v) is 5.68. The highest BCUT2D eigenvalue weighted by molar-refractivity contribution is 5.43. The summed E-state index contributed by atoms with van der Waals surface area (Å²) in [5, 5.41) is 0. The van der Waals surface area contributed by atoms with E-state index in [0.717, 1.165) is 24.4 Å². The Balaban J connectivity index is 1.95. The van der Waals surface area contributed by atoms with Crippen LogP contribution in [0.5, 0.6) is 0 Å². The van der Waals surface area contributed by atoms with Gasteiger partial charge in [-0.1, -0.05) is 38.1 Å². The maximum absolute atomic E-state index is 11.8. The second kappa shape index (κ2) is 4.65. The molecule has 2 aromatic rings. The van der Waals surface area contributed by atoms with Gasteiger partial charge in [0.1, 0.15) is 5.82 Å². The van der Waals surface area contributed by atoms with Crippen LogP contribution in [0.4, 0.5) is 0 Å². The van der Waals surface area contributed by atoms with Gasteiger partial charge in [0.2, 0.25) is 0 Å². The summed E-state index contributed by atoms with van der Waals surface area (Å²) >= 11 is 0. The van der Waals surface area contributed by atoms with E-state index < -0.39 is 0 Å². The molecule has 1 atom stereocenters. The molecule has 0 radical (unpaired) electrons. The van der Waals surface area contributed by atoms with Crippen molar-refractivity contribution in [3.05, 3.63) is 63.3 Å². The fraction of sp³-hybridized carbons (Fsp3) is 0.375. The Labute approximate surface area is 112 Å². The molecule has 0 spiro atoms. The third-order valence-corrected chi connectivity index (χ3v) is 3.62. The van der Waals surface area contributed by atoms with Crippen LogP contribution in [0, 0.1) is 5.92 Å². The Morgan fingerprint density at radius 2 is 2.16 bits per heavy atom. The maximum atomic E-state index is 11.8. The predicted octanol–water partition coefficient (Wildman–Crippen LogP) is 2.66. The molecule has 0 saturated heterocycles. The number of rotatable bonds is 3. The molecule has 0 bridgehead atoms. The van der Waals surface area contributed by atoms with Gasteiger partial charge in [0.25, 0.3) is 5.56 Å². The fourth-order valence-electron chi connectivity index (χ4n) is 2.72. The summed E-state index contributed by atoms with van der Waals surface area (Å²) < 4.78 is 0. The van der Waals surface area contributed by atoms with Crippen molar-refractivity contribution in [3.8, 4) is 0 Å². The van der Waals surface area contributed by atoms with Crippen molar-refractivity contribution < 1.29 is 0 Å². The van der Waals surface area contributed by atoms with Crippen LogP contribution in [-0.2, 0) is 12.8 Å². The highest BCUT2D eigenvalue weighted by atomic mass is 16.1. The van der Waals surface area contributed by atoms with Crippen molar-refractivity contribution in [1.82, 2.24) is 9.97 Å². The van der Waals surface area contributed by atoms with E-state index in [1.165, 1.54) is 11.1 Å². The molecule has 1 heterocycles. The van der Waals surface area contributed by atoms with Crippen molar-refractivity contribution in [2.24, 2.45) is 5.92 Å². The molecule has 1 N–H and O–H groups in total. The Kier molecular flexibility index (Phi) is 2.97. The number of aromatic amines is 1. The van der Waals surface area contributed by atoms with Crippen molar-refractivity contribution >= 4 is 0 Å². The number of hydrogen-bond donors (Lipinski definition) is 1. The highest BCUT2D eigenvalue weighted by Gasteiger charge is 2.29. The normalized spacial score (nSPS) is 17.1. The molecule has 98 valence electrons. The number of benzene rings is 1. The third kappa shape index (κ3) is 2.33. The van der Waals surface area contributed by atoms with E-state index in [1.54, 1.807) is 6.07 Å². The van der Waals surface area contributed by atoms with Gasteiger partial charge in [-0.25, -0.2) is 4.98 Å². The van der Waals surface area contributed by atoms with E-state index >= 15 is 0 Å². The number of aromatic nitrogens is 2. The Hall–Kier alpha value is -1.90. The Morgan fingerprint density at radius 1 is 1.37 bits per heavy atom. The minimum absolute atomic E-state index is 0.0370. The van der Waals surface area contributed by atoms with Gasteiger partial charge < -0.3 is 4.98 Å². The standard InChI is InChI=1S/C16H18N2O/c1-10(2)7-12-9-15(19)18-16(17-12)14-8-11-5-3-4-6-13(11)14/h3-6,9-10,14H,7-8H2,1-2H3,(H,17,18,19). The molecule has 1 aromatic heterocycles. The Bertz CT molecular complexity index is 658. The summed E-state index contributed by atoms with van der Waals surface area (Å²) in [6.45, 7) is 4.28. The first-order chi connectivity index (χ1) is 9.13. The first-order valence-corrected chi connectivity index (χ1v) is 6.81. The lowest BCUT2D eigenvalue weighted by Gasteiger charge is -2.29. The van der Waals surface area contributed by atoms with Gasteiger partial charge >= 0.3 is 0 Å². The van der Waals surface area contributed by atoms with Crippen LogP contribution in [-0.4, -0.2) is 9.97 Å². The van der Waals surface area contributed by atoms with Crippen LogP contribution >= 0.6 is 0 Å². The molecule has 0 aliphatic heterocycles. The zero-order valence-electron chi connectivity index (χ0n) is 11.3. The van der Waals surface area contributed by atoms with Crippen LogP contribution in [0.3, 0.4) is 0 Å². The van der Waals surface area contributed by atoms with E-state index in [9.17, 15) is 4.79 Å². The molecule has 1 aromatic carbocycles. The van der Waals surface area contributed by atoms with E-state index in [4.69, 9.17) is 0 Å². The van der Waals surface area contributed by atoms with Crippen LogP contribution < -0.4 is 5.56 Å². The lowest BCUT2D eigenvalue weighted by Crippen LogP contribution is -2.24. The molecule has 1 aliphatic rings. The molecule has 19 heavy (non-hydrogen) atoms. The zero-order valence-corrected chi connectivity index (χ0v) is 11.3. The second-order valence-electron chi connectivity index (χ2n) is 5.68. The van der Waals surface area contributed by atoms with E-state index in [-0.39, 0.29) is 11.5 Å². The number of H-pyrrole nitrogens is 1. The average molecular weight is 254 g/mol. The lowest BCUT2D eigenvalue weighted by atomic mass is 9.77. The number of hydrogen-bond acceptors (Lipinski definition) is 2. The lowest BCUT2D eigenvalue weighted by molar-refractivity contribution is 0.609. The van der Waals surface area contributed by atoms with Crippen molar-refractivity contribution in [2.45, 2.75) is 32.6 Å². The van der Waals surface area contributed by atoms with E-state index in [2.05, 4.69) is 42.0 Å². The molecule has 1 unspecified atom stereocenters. The Morgan fingerprint density at radius 3 is 2.89 bits per heavy atom. The van der Waals surface area contributed by atoms with Crippen LogP contribution in [0.15, 0.2) is 35.1 Å². The van der Waals surface area contributed by atoms with Crippen molar-refractivity contribution in [2.75, 3.05) is 0 Å². The average Bonchev–Trinajstić information content (AvgIpc) is 2.29. The highest BCUT2D eigenvalue weighted by Crippen LogP contribution is 2.37. The molecular weight excluding hydrogens is 236 g/mol. The molecule has 3 nitrogen and oxygen atoms in total.